The lowest BCUT2D eigenvalue weighted by molar-refractivity contribution is -0.118. The minimum Gasteiger partial charge on any atom is -0.338 e. The number of hydrogen-bond donors (Lipinski definition) is 2. The predicted molar refractivity (Wildman–Crippen MR) is 153 cm³/mol. The summed E-state index contributed by atoms with van der Waals surface area (Å²) in [5.74, 6) is 0.379. The molecule has 5 aromatic rings. The number of amides is 1. The summed E-state index contributed by atoms with van der Waals surface area (Å²) in [4.78, 5) is 15.2. The number of halogens is 1. The number of carbonyl (C=O) groups excluding carboxylic acids is 1. The van der Waals surface area contributed by atoms with Crippen molar-refractivity contribution in [3.05, 3.63) is 123 Å². The van der Waals surface area contributed by atoms with E-state index in [0.717, 1.165) is 26.2 Å². The summed E-state index contributed by atoms with van der Waals surface area (Å²) >= 11 is 5.15. The lowest BCUT2D eigenvalue weighted by Gasteiger charge is -2.35. The number of para-hydroxylation sites is 1. The second kappa shape index (κ2) is 8.55. The third-order valence-electron chi connectivity index (χ3n) is 7.03. The minimum atomic E-state index is -1.41. The second-order valence-corrected chi connectivity index (χ2v) is 10.9. The van der Waals surface area contributed by atoms with Gasteiger partial charge < -0.3 is 10.6 Å². The van der Waals surface area contributed by atoms with Crippen LogP contribution in [0.25, 0.3) is 22.0 Å². The van der Waals surface area contributed by atoms with Gasteiger partial charge in [-0.05, 0) is 47.3 Å². The van der Waals surface area contributed by atoms with E-state index in [4.69, 9.17) is 5.10 Å². The molecule has 182 valence electrons. The first-order valence-corrected chi connectivity index (χ1v) is 13.6. The van der Waals surface area contributed by atoms with Crippen molar-refractivity contribution in [3.8, 4) is 22.3 Å². The zero-order valence-electron chi connectivity index (χ0n) is 19.8. The normalized spacial score (nSPS) is 17.5. The zero-order chi connectivity index (χ0) is 25.9. The predicted octanol–water partition coefficient (Wildman–Crippen LogP) is 6.96. The number of rotatable bonds is 3. The van der Waals surface area contributed by atoms with Crippen molar-refractivity contribution < 1.29 is 4.79 Å². The molecule has 0 radical (unpaired) electrons. The van der Waals surface area contributed by atoms with Gasteiger partial charge in [0.15, 0.2) is 0 Å². The van der Waals surface area contributed by atoms with Gasteiger partial charge in [0.2, 0.25) is 5.91 Å². The van der Waals surface area contributed by atoms with Gasteiger partial charge in [0.1, 0.15) is 16.9 Å². The van der Waals surface area contributed by atoms with Crippen LogP contribution in [0.15, 0.2) is 106 Å². The number of hydrogen-bond acceptors (Lipinski definition) is 5. The number of nitriles is 1. The molecule has 1 atom stereocenters. The third-order valence-corrected chi connectivity index (χ3v) is 8.40. The maximum Gasteiger partial charge on any atom is 0.245 e. The highest BCUT2D eigenvalue weighted by atomic mass is 79.9. The summed E-state index contributed by atoms with van der Waals surface area (Å²) < 4.78 is 2.66. The fourth-order valence-electron chi connectivity index (χ4n) is 5.46. The van der Waals surface area contributed by atoms with Gasteiger partial charge in [-0.15, -0.1) is 11.3 Å². The van der Waals surface area contributed by atoms with Crippen LogP contribution in [-0.4, -0.2) is 15.7 Å². The van der Waals surface area contributed by atoms with Crippen molar-refractivity contribution in [3.63, 3.8) is 0 Å². The fourth-order valence-corrected chi connectivity index (χ4v) is 6.53. The van der Waals surface area contributed by atoms with Gasteiger partial charge in [0, 0.05) is 21.3 Å². The van der Waals surface area contributed by atoms with Crippen molar-refractivity contribution in [2.24, 2.45) is 0 Å². The quantitative estimate of drug-likeness (QED) is 0.243. The minimum absolute atomic E-state index is 0.274. The molecule has 0 bridgehead atoms. The Labute approximate surface area is 231 Å². The van der Waals surface area contributed by atoms with Crippen LogP contribution in [0.2, 0.25) is 0 Å². The van der Waals surface area contributed by atoms with E-state index in [9.17, 15) is 10.1 Å². The van der Waals surface area contributed by atoms with Gasteiger partial charge in [-0.3, -0.25) is 4.79 Å². The van der Waals surface area contributed by atoms with Crippen LogP contribution in [0.4, 0.5) is 11.5 Å². The monoisotopic (exact) mass is 575 g/mol. The Bertz CT molecular complexity index is 1800. The molecule has 0 saturated heterocycles. The summed E-state index contributed by atoms with van der Waals surface area (Å²) in [6.45, 7) is 0. The molecule has 6 nitrogen and oxygen atoms in total. The standard InChI is InChI=1S/C30H18BrN5OS/c31-19-13-14-23-21(16-19)30(29(37)33-23)22(17-32)26(18-8-3-1-4-9-18)34-28-25(30)27(24-12-7-15-38-24)35-36(28)20-10-5-2-6-11-20/h1-16,34H,(H,33,37). The highest BCUT2D eigenvalue weighted by Crippen LogP contribution is 2.57. The molecule has 0 fully saturated rings. The van der Waals surface area contributed by atoms with Crippen LogP contribution in [0, 0.1) is 11.3 Å². The van der Waals surface area contributed by atoms with Crippen LogP contribution in [0.1, 0.15) is 16.7 Å². The molecule has 2 aliphatic rings. The molecule has 2 N–H and O–H groups in total. The Morgan fingerprint density at radius 1 is 0.947 bits per heavy atom. The van der Waals surface area contributed by atoms with Crippen LogP contribution in [0.5, 0.6) is 0 Å². The summed E-state index contributed by atoms with van der Waals surface area (Å²) in [6, 6.07) is 31.6. The summed E-state index contributed by atoms with van der Waals surface area (Å²) in [6.07, 6.45) is 0. The number of nitrogens with zero attached hydrogens (tertiary/aromatic N) is 3. The maximum atomic E-state index is 14.3. The topological polar surface area (TPSA) is 82.7 Å². The molecule has 0 saturated carbocycles. The van der Waals surface area contributed by atoms with Crippen LogP contribution < -0.4 is 10.6 Å². The number of nitrogens with one attached hydrogen (secondary N) is 2. The van der Waals surface area contributed by atoms with E-state index in [-0.39, 0.29) is 5.91 Å². The van der Waals surface area contributed by atoms with E-state index in [1.807, 2.05) is 101 Å². The highest BCUT2D eigenvalue weighted by Gasteiger charge is 2.58. The number of carbonyl (C=O) groups is 1. The maximum absolute atomic E-state index is 14.3. The van der Waals surface area contributed by atoms with E-state index in [1.54, 1.807) is 11.3 Å². The molecule has 38 heavy (non-hydrogen) atoms. The van der Waals surface area contributed by atoms with Crippen LogP contribution in [0.3, 0.4) is 0 Å². The average molecular weight is 576 g/mol. The Kier molecular flexibility index (Phi) is 5.11. The van der Waals surface area contributed by atoms with E-state index in [1.165, 1.54) is 0 Å². The second-order valence-electron chi connectivity index (χ2n) is 9.04. The lowest BCUT2D eigenvalue weighted by atomic mass is 9.67. The van der Waals surface area contributed by atoms with Gasteiger partial charge in [-0.25, -0.2) is 4.68 Å². The summed E-state index contributed by atoms with van der Waals surface area (Å²) in [5.41, 5.74) is 3.87. The molecule has 7 rings (SSSR count). The smallest absolute Gasteiger partial charge is 0.245 e. The molecule has 1 unspecified atom stereocenters. The molecule has 4 heterocycles. The fraction of sp³-hybridized carbons (Fsp3) is 0.0333. The van der Waals surface area contributed by atoms with Gasteiger partial charge in [0.25, 0.3) is 0 Å². The van der Waals surface area contributed by atoms with Crippen molar-refractivity contribution in [2.45, 2.75) is 5.41 Å². The van der Waals surface area contributed by atoms with Gasteiger partial charge >= 0.3 is 0 Å². The first kappa shape index (κ1) is 22.7. The van der Waals surface area contributed by atoms with Crippen LogP contribution >= 0.6 is 27.3 Å². The Hall–Kier alpha value is -4.45. The number of fused-ring (bicyclic) bond motifs is 4. The molecule has 2 aliphatic heterocycles. The van der Waals surface area contributed by atoms with Crippen molar-refractivity contribution in [2.75, 3.05) is 10.6 Å². The first-order valence-electron chi connectivity index (χ1n) is 11.9. The van der Waals surface area contributed by atoms with Gasteiger partial charge in [-0.2, -0.15) is 10.4 Å². The molecule has 3 aromatic carbocycles. The van der Waals surface area contributed by atoms with Crippen molar-refractivity contribution in [1.29, 1.82) is 5.26 Å². The number of thiophene rings is 1. The summed E-state index contributed by atoms with van der Waals surface area (Å²) in [7, 11) is 0. The van der Waals surface area contributed by atoms with E-state index in [0.29, 0.717) is 34.0 Å². The number of anilines is 2. The molecule has 1 spiro atoms. The zero-order valence-corrected chi connectivity index (χ0v) is 22.2. The van der Waals surface area contributed by atoms with Gasteiger partial charge in [0.05, 0.1) is 27.9 Å². The Morgan fingerprint density at radius 2 is 1.71 bits per heavy atom. The van der Waals surface area contributed by atoms with E-state index < -0.39 is 5.41 Å². The first-order chi connectivity index (χ1) is 18.6. The largest absolute Gasteiger partial charge is 0.338 e. The van der Waals surface area contributed by atoms with E-state index >= 15 is 0 Å². The molecule has 8 heteroatoms. The molecule has 2 aromatic heterocycles. The van der Waals surface area contributed by atoms with Crippen LogP contribution in [-0.2, 0) is 10.2 Å². The molecular formula is C30H18BrN5OS. The molecular weight excluding hydrogens is 558 g/mol. The molecule has 0 aliphatic carbocycles. The summed E-state index contributed by atoms with van der Waals surface area (Å²) in [5, 5.41) is 24.5. The number of benzene rings is 3. The van der Waals surface area contributed by atoms with Crippen molar-refractivity contribution >= 4 is 50.4 Å². The Morgan fingerprint density at radius 3 is 2.42 bits per heavy atom. The SMILES string of the molecule is N#CC1=C(c2ccccc2)Nc2c(c(-c3cccs3)nn2-c2ccccc2)C12C(=O)Nc1ccc(Br)cc12. The Balaban J connectivity index is 1.67. The highest BCUT2D eigenvalue weighted by molar-refractivity contribution is 9.10. The lowest BCUT2D eigenvalue weighted by Crippen LogP contribution is -2.41. The van der Waals surface area contributed by atoms with E-state index in [2.05, 4.69) is 32.6 Å². The molecule has 1 amide bonds. The van der Waals surface area contributed by atoms with Gasteiger partial charge in [-0.1, -0.05) is 70.5 Å². The third kappa shape index (κ3) is 3.09. The average Bonchev–Trinajstić information content (AvgIpc) is 3.68. The van der Waals surface area contributed by atoms with Crippen molar-refractivity contribution in [1.82, 2.24) is 9.78 Å². The number of aromatic nitrogens is 2.